The predicted molar refractivity (Wildman–Crippen MR) is 89.7 cm³/mol. The molecule has 0 fully saturated rings. The molecule has 22 heavy (non-hydrogen) atoms. The van der Waals surface area contributed by atoms with Gasteiger partial charge in [0.2, 0.25) is 11.8 Å². The molecule has 6 heteroatoms. The van der Waals surface area contributed by atoms with Crippen LogP contribution in [0, 0.1) is 5.41 Å². The van der Waals surface area contributed by atoms with Crippen LogP contribution in [0.2, 0.25) is 0 Å². The van der Waals surface area contributed by atoms with E-state index in [0.717, 1.165) is 10.7 Å². The number of nitrogens with one attached hydrogen (secondary N) is 2. The first kappa shape index (κ1) is 18.6. The fourth-order valence-electron chi connectivity index (χ4n) is 1.56. The van der Waals surface area contributed by atoms with Crippen LogP contribution >= 0.6 is 11.3 Å². The Kier molecular flexibility index (Phi) is 6.11. The van der Waals surface area contributed by atoms with E-state index in [9.17, 15) is 9.59 Å². The Hall–Kier alpha value is -1.43. The van der Waals surface area contributed by atoms with E-state index in [4.69, 9.17) is 0 Å². The Bertz CT molecular complexity index is 524. The number of hydrogen-bond acceptors (Lipinski definition) is 4. The summed E-state index contributed by atoms with van der Waals surface area (Å²) in [5, 5.41) is 8.63. The van der Waals surface area contributed by atoms with Crippen LogP contribution in [0.25, 0.3) is 0 Å². The van der Waals surface area contributed by atoms with Gasteiger partial charge in [0, 0.05) is 29.2 Å². The number of rotatable bonds is 5. The fraction of sp³-hybridized carbons (Fsp3) is 0.688. The summed E-state index contributed by atoms with van der Waals surface area (Å²) in [5.41, 5.74) is 0.479. The largest absolute Gasteiger partial charge is 0.355 e. The monoisotopic (exact) mass is 325 g/mol. The highest BCUT2D eigenvalue weighted by atomic mass is 32.1. The summed E-state index contributed by atoms with van der Waals surface area (Å²) < 4.78 is 0. The van der Waals surface area contributed by atoms with Crippen molar-refractivity contribution in [2.75, 3.05) is 6.54 Å². The molecule has 0 saturated carbocycles. The van der Waals surface area contributed by atoms with Crippen molar-refractivity contribution in [1.29, 1.82) is 0 Å². The highest BCUT2D eigenvalue weighted by Gasteiger charge is 2.21. The first-order valence-electron chi connectivity index (χ1n) is 7.50. The van der Waals surface area contributed by atoms with Crippen LogP contribution in [0.5, 0.6) is 0 Å². The standard InChI is InChI=1S/C16H27N3O2S/c1-15(2,3)13(21)17-8-7-12(20)18-9-11-10-22-14(19-11)16(4,5)6/h10H,7-9H2,1-6H3,(H,17,21)(H,18,20). The van der Waals surface area contributed by atoms with E-state index < -0.39 is 5.41 Å². The maximum Gasteiger partial charge on any atom is 0.225 e. The summed E-state index contributed by atoms with van der Waals surface area (Å²) in [6, 6.07) is 0. The molecule has 1 aromatic heterocycles. The lowest BCUT2D eigenvalue weighted by Crippen LogP contribution is -2.37. The molecule has 0 saturated heterocycles. The predicted octanol–water partition coefficient (Wildman–Crippen LogP) is 2.61. The molecule has 0 radical (unpaired) electrons. The van der Waals surface area contributed by atoms with Crippen molar-refractivity contribution in [2.45, 2.75) is 59.9 Å². The number of carbonyl (C=O) groups excluding carboxylic acids is 2. The van der Waals surface area contributed by atoms with Crippen molar-refractivity contribution in [2.24, 2.45) is 5.41 Å². The van der Waals surface area contributed by atoms with Crippen molar-refractivity contribution in [3.05, 3.63) is 16.1 Å². The maximum atomic E-state index is 11.8. The highest BCUT2D eigenvalue weighted by molar-refractivity contribution is 7.09. The van der Waals surface area contributed by atoms with Gasteiger partial charge in [-0.15, -0.1) is 11.3 Å². The summed E-state index contributed by atoms with van der Waals surface area (Å²) in [6.07, 6.45) is 0.276. The fourth-order valence-corrected chi connectivity index (χ4v) is 2.47. The van der Waals surface area contributed by atoms with Crippen molar-refractivity contribution in [1.82, 2.24) is 15.6 Å². The zero-order valence-electron chi connectivity index (χ0n) is 14.4. The molecule has 124 valence electrons. The topological polar surface area (TPSA) is 71.1 Å². The third-order valence-electron chi connectivity index (χ3n) is 2.98. The number of carbonyl (C=O) groups is 2. The molecule has 5 nitrogen and oxygen atoms in total. The van der Waals surface area contributed by atoms with Gasteiger partial charge in [0.05, 0.1) is 17.2 Å². The molecule has 1 aromatic rings. The summed E-state index contributed by atoms with van der Waals surface area (Å²) in [7, 11) is 0. The Labute approximate surface area is 136 Å². The number of aromatic nitrogens is 1. The van der Waals surface area contributed by atoms with Crippen LogP contribution < -0.4 is 10.6 Å². The molecule has 1 rings (SSSR count). The van der Waals surface area contributed by atoms with Gasteiger partial charge in [0.15, 0.2) is 0 Å². The van der Waals surface area contributed by atoms with Gasteiger partial charge >= 0.3 is 0 Å². The Morgan fingerprint density at radius 3 is 2.27 bits per heavy atom. The third-order valence-corrected chi connectivity index (χ3v) is 4.30. The minimum Gasteiger partial charge on any atom is -0.355 e. The van der Waals surface area contributed by atoms with Gasteiger partial charge in [-0.2, -0.15) is 0 Å². The van der Waals surface area contributed by atoms with Gasteiger partial charge in [-0.25, -0.2) is 4.98 Å². The second-order valence-corrected chi connectivity index (χ2v) is 8.28. The van der Waals surface area contributed by atoms with E-state index in [2.05, 4.69) is 36.4 Å². The summed E-state index contributed by atoms with van der Waals surface area (Å²) in [6.45, 7) is 12.7. The minimum atomic E-state index is -0.430. The zero-order valence-corrected chi connectivity index (χ0v) is 15.2. The number of amides is 2. The van der Waals surface area contributed by atoms with Crippen LogP contribution in [0.15, 0.2) is 5.38 Å². The van der Waals surface area contributed by atoms with Crippen LogP contribution in [0.4, 0.5) is 0 Å². The van der Waals surface area contributed by atoms with E-state index >= 15 is 0 Å². The molecule has 1 heterocycles. The van der Waals surface area contributed by atoms with Crippen LogP contribution in [0.1, 0.15) is 58.7 Å². The molecule has 0 bridgehead atoms. The SMILES string of the molecule is CC(C)(C)C(=O)NCCC(=O)NCc1csc(C(C)(C)C)n1. The Morgan fingerprint density at radius 2 is 1.77 bits per heavy atom. The van der Waals surface area contributed by atoms with Crippen LogP contribution in [0.3, 0.4) is 0 Å². The lowest BCUT2D eigenvalue weighted by atomic mass is 9.96. The maximum absolute atomic E-state index is 11.8. The van der Waals surface area contributed by atoms with Gasteiger partial charge in [0.25, 0.3) is 0 Å². The second-order valence-electron chi connectivity index (χ2n) is 7.43. The quantitative estimate of drug-likeness (QED) is 0.874. The molecule has 0 aliphatic rings. The smallest absolute Gasteiger partial charge is 0.225 e. The van der Waals surface area contributed by atoms with Gasteiger partial charge in [-0.1, -0.05) is 41.5 Å². The lowest BCUT2D eigenvalue weighted by molar-refractivity contribution is -0.128. The van der Waals surface area contributed by atoms with Crippen molar-refractivity contribution < 1.29 is 9.59 Å². The average molecular weight is 325 g/mol. The van der Waals surface area contributed by atoms with E-state index in [0.29, 0.717) is 13.1 Å². The summed E-state index contributed by atoms with van der Waals surface area (Å²) >= 11 is 1.61. The molecule has 0 aliphatic carbocycles. The van der Waals surface area contributed by atoms with E-state index in [1.807, 2.05) is 26.2 Å². The molecule has 2 N–H and O–H groups in total. The van der Waals surface area contributed by atoms with Crippen LogP contribution in [-0.2, 0) is 21.5 Å². The lowest BCUT2D eigenvalue weighted by Gasteiger charge is -2.17. The first-order valence-corrected chi connectivity index (χ1v) is 8.38. The van der Waals surface area contributed by atoms with Crippen molar-refractivity contribution in [3.63, 3.8) is 0 Å². The van der Waals surface area contributed by atoms with E-state index in [-0.39, 0.29) is 23.7 Å². The van der Waals surface area contributed by atoms with Gasteiger partial charge in [0.1, 0.15) is 0 Å². The average Bonchev–Trinajstić information content (AvgIpc) is 2.83. The van der Waals surface area contributed by atoms with E-state index in [1.54, 1.807) is 11.3 Å². The summed E-state index contributed by atoms with van der Waals surface area (Å²) in [5.74, 6) is -0.130. The van der Waals surface area contributed by atoms with Crippen LogP contribution in [-0.4, -0.2) is 23.3 Å². The number of hydrogen-bond donors (Lipinski definition) is 2. The number of nitrogens with zero attached hydrogens (tertiary/aromatic N) is 1. The van der Waals surface area contributed by atoms with E-state index in [1.165, 1.54) is 0 Å². The normalized spacial score (nSPS) is 12.1. The molecule has 0 spiro atoms. The Balaban J connectivity index is 2.32. The molecule has 0 aliphatic heterocycles. The van der Waals surface area contributed by atoms with Gasteiger partial charge < -0.3 is 10.6 Å². The molecular formula is C16H27N3O2S. The molecule has 0 atom stereocenters. The van der Waals surface area contributed by atoms with Gasteiger partial charge in [-0.3, -0.25) is 9.59 Å². The Morgan fingerprint density at radius 1 is 1.14 bits per heavy atom. The first-order chi connectivity index (χ1) is 10.00. The van der Waals surface area contributed by atoms with Crippen molar-refractivity contribution >= 4 is 23.2 Å². The molecule has 0 unspecified atom stereocenters. The molecule has 0 aromatic carbocycles. The summed E-state index contributed by atoms with van der Waals surface area (Å²) in [4.78, 5) is 28.0. The minimum absolute atomic E-state index is 0.0319. The second kappa shape index (κ2) is 7.22. The molecular weight excluding hydrogens is 298 g/mol. The van der Waals surface area contributed by atoms with Gasteiger partial charge in [-0.05, 0) is 0 Å². The van der Waals surface area contributed by atoms with Crippen molar-refractivity contribution in [3.8, 4) is 0 Å². The number of thiazole rings is 1. The third kappa shape index (κ3) is 6.13. The molecule has 2 amide bonds. The highest BCUT2D eigenvalue weighted by Crippen LogP contribution is 2.25. The zero-order chi connectivity index (χ0) is 17.0.